The molecular weight excluding hydrogens is 451 g/mol. The first-order chi connectivity index (χ1) is 12.5. The van der Waals surface area contributed by atoms with Crippen LogP contribution in [0.3, 0.4) is 0 Å². The van der Waals surface area contributed by atoms with E-state index in [0.717, 1.165) is 32.2 Å². The molecule has 0 aromatic heterocycles. The summed E-state index contributed by atoms with van der Waals surface area (Å²) in [5, 5.41) is 7.03. The molecule has 0 aromatic carbocycles. The van der Waals surface area contributed by atoms with E-state index in [9.17, 15) is 0 Å². The summed E-state index contributed by atoms with van der Waals surface area (Å²) in [4.78, 5) is 7.52. The van der Waals surface area contributed by atoms with E-state index in [-0.39, 0.29) is 29.4 Å². The van der Waals surface area contributed by atoms with Gasteiger partial charge in [-0.05, 0) is 57.5 Å². The molecule has 3 unspecified atom stereocenters. The van der Waals surface area contributed by atoms with Crippen molar-refractivity contribution in [3.8, 4) is 0 Å². The topological polar surface area (TPSA) is 48.9 Å². The summed E-state index contributed by atoms with van der Waals surface area (Å²) in [6, 6.07) is 0.577. The van der Waals surface area contributed by atoms with Crippen molar-refractivity contribution in [3.05, 3.63) is 0 Å². The van der Waals surface area contributed by atoms with Gasteiger partial charge in [0.05, 0.1) is 12.6 Å². The number of hydrogen-bond acceptors (Lipinski definition) is 3. The third kappa shape index (κ3) is 8.05. The van der Waals surface area contributed by atoms with Crippen molar-refractivity contribution in [3.63, 3.8) is 0 Å². The van der Waals surface area contributed by atoms with Crippen LogP contribution in [0.5, 0.6) is 0 Å². The van der Waals surface area contributed by atoms with Crippen molar-refractivity contribution in [1.29, 1.82) is 0 Å². The molecule has 0 amide bonds. The van der Waals surface area contributed by atoms with Gasteiger partial charge in [0, 0.05) is 31.7 Å². The fourth-order valence-electron chi connectivity index (χ4n) is 4.39. The first-order valence-electron chi connectivity index (χ1n) is 10.8. The average Bonchev–Trinajstić information content (AvgIpc) is 3.14. The lowest BCUT2D eigenvalue weighted by atomic mass is 9.78. The maximum absolute atomic E-state index is 6.12. The van der Waals surface area contributed by atoms with Crippen molar-refractivity contribution in [2.24, 2.45) is 16.3 Å². The molecule has 27 heavy (non-hydrogen) atoms. The fraction of sp³-hybridized carbons (Fsp3) is 0.952. The lowest BCUT2D eigenvalue weighted by molar-refractivity contribution is -0.0835. The van der Waals surface area contributed by atoms with Crippen LogP contribution in [0.1, 0.15) is 66.7 Å². The second-order valence-electron chi connectivity index (χ2n) is 8.97. The summed E-state index contributed by atoms with van der Waals surface area (Å²) >= 11 is 0. The number of nitrogens with zero attached hydrogens (tertiary/aromatic N) is 2. The Morgan fingerprint density at radius 2 is 1.85 bits per heavy atom. The van der Waals surface area contributed by atoms with E-state index in [4.69, 9.17) is 9.73 Å². The van der Waals surface area contributed by atoms with Gasteiger partial charge in [-0.25, -0.2) is 0 Å². The van der Waals surface area contributed by atoms with Crippen molar-refractivity contribution in [1.82, 2.24) is 15.5 Å². The molecule has 2 fully saturated rings. The maximum atomic E-state index is 6.12. The van der Waals surface area contributed by atoms with Crippen molar-refractivity contribution in [2.75, 3.05) is 39.3 Å². The quantitative estimate of drug-likeness (QED) is 0.321. The van der Waals surface area contributed by atoms with E-state index in [0.29, 0.717) is 18.1 Å². The normalized spacial score (nSPS) is 25.7. The number of hydrogen-bond donors (Lipinski definition) is 2. The zero-order chi connectivity index (χ0) is 19.0. The molecule has 2 heterocycles. The molecule has 0 aromatic rings. The van der Waals surface area contributed by atoms with E-state index in [1.54, 1.807) is 0 Å². The van der Waals surface area contributed by atoms with E-state index >= 15 is 0 Å². The Labute approximate surface area is 184 Å². The van der Waals surface area contributed by atoms with Crippen molar-refractivity contribution in [2.45, 2.75) is 78.9 Å². The Bertz CT molecular complexity index is 432. The number of guanidine groups is 1. The van der Waals surface area contributed by atoms with Gasteiger partial charge in [-0.15, -0.1) is 24.0 Å². The molecule has 0 aliphatic carbocycles. The molecule has 0 spiro atoms. The Morgan fingerprint density at radius 3 is 2.44 bits per heavy atom. The molecule has 2 aliphatic rings. The van der Waals surface area contributed by atoms with Gasteiger partial charge in [-0.2, -0.15) is 0 Å². The number of rotatable bonds is 7. The van der Waals surface area contributed by atoms with Crippen LogP contribution >= 0.6 is 24.0 Å². The van der Waals surface area contributed by atoms with Crippen LogP contribution < -0.4 is 10.6 Å². The highest BCUT2D eigenvalue weighted by Gasteiger charge is 2.35. The van der Waals surface area contributed by atoms with Crippen LogP contribution in [0.25, 0.3) is 0 Å². The van der Waals surface area contributed by atoms with Crippen LogP contribution in [-0.4, -0.2) is 62.3 Å². The first kappa shape index (κ1) is 25.0. The smallest absolute Gasteiger partial charge is 0.191 e. The Hall–Kier alpha value is -0.0800. The van der Waals surface area contributed by atoms with E-state index in [1.165, 1.54) is 45.2 Å². The molecule has 0 saturated carbocycles. The van der Waals surface area contributed by atoms with Crippen LogP contribution in [0.2, 0.25) is 0 Å². The lowest BCUT2D eigenvalue weighted by Crippen LogP contribution is -2.48. The highest BCUT2D eigenvalue weighted by atomic mass is 127. The van der Waals surface area contributed by atoms with E-state index in [1.807, 2.05) is 0 Å². The van der Waals surface area contributed by atoms with Crippen LogP contribution in [-0.2, 0) is 4.74 Å². The van der Waals surface area contributed by atoms with Gasteiger partial charge < -0.3 is 15.4 Å². The molecule has 3 atom stereocenters. The third-order valence-corrected chi connectivity index (χ3v) is 5.76. The largest absolute Gasteiger partial charge is 0.377 e. The van der Waals surface area contributed by atoms with Crippen LogP contribution in [0.15, 0.2) is 4.99 Å². The van der Waals surface area contributed by atoms with Gasteiger partial charge in [0.15, 0.2) is 5.96 Å². The molecule has 5 nitrogen and oxygen atoms in total. The van der Waals surface area contributed by atoms with E-state index in [2.05, 4.69) is 50.2 Å². The zero-order valence-electron chi connectivity index (χ0n) is 18.2. The second-order valence-corrected chi connectivity index (χ2v) is 8.97. The molecule has 0 radical (unpaired) electrons. The Kier molecular flexibility index (Phi) is 11.5. The summed E-state index contributed by atoms with van der Waals surface area (Å²) in [7, 11) is 0. The minimum absolute atomic E-state index is 0. The molecular formula is C21H43IN4O. The number of nitrogens with one attached hydrogen (secondary N) is 2. The van der Waals surface area contributed by atoms with E-state index < -0.39 is 0 Å². The van der Waals surface area contributed by atoms with Crippen molar-refractivity contribution < 1.29 is 4.74 Å². The summed E-state index contributed by atoms with van der Waals surface area (Å²) < 4.78 is 6.12. The highest BCUT2D eigenvalue weighted by Crippen LogP contribution is 2.33. The summed E-state index contributed by atoms with van der Waals surface area (Å²) in [6.45, 7) is 17.4. The summed E-state index contributed by atoms with van der Waals surface area (Å²) in [6.07, 6.45) is 6.58. The Morgan fingerprint density at radius 1 is 1.15 bits per heavy atom. The van der Waals surface area contributed by atoms with Crippen LogP contribution in [0, 0.1) is 11.3 Å². The molecule has 2 N–H and O–H groups in total. The molecule has 2 aliphatic heterocycles. The third-order valence-electron chi connectivity index (χ3n) is 5.76. The molecule has 2 rings (SSSR count). The minimum atomic E-state index is 0. The second kappa shape index (κ2) is 12.5. The number of halogens is 1. The van der Waals surface area contributed by atoms with Gasteiger partial charge >= 0.3 is 0 Å². The molecule has 160 valence electrons. The van der Waals surface area contributed by atoms with Gasteiger partial charge in [0.1, 0.15) is 0 Å². The zero-order valence-corrected chi connectivity index (χ0v) is 20.6. The van der Waals surface area contributed by atoms with Crippen LogP contribution in [0.4, 0.5) is 0 Å². The monoisotopic (exact) mass is 494 g/mol. The summed E-state index contributed by atoms with van der Waals surface area (Å²) in [5.74, 6) is 1.51. The minimum Gasteiger partial charge on any atom is -0.377 e. The van der Waals surface area contributed by atoms with Gasteiger partial charge in [-0.1, -0.05) is 27.7 Å². The number of aliphatic imine (C=N–C) groups is 1. The standard InChI is InChI=1S/C21H42N4O.HI/c1-6-18(25-12-8-9-13-25)16-24-20(22-7-2)23-15-17-11-10-14-26-19(17)21(3,4)5;/h17-19H,6-16H2,1-5H3,(H2,22,23,24);1H. The fourth-order valence-corrected chi connectivity index (χ4v) is 4.39. The lowest BCUT2D eigenvalue weighted by Gasteiger charge is -2.40. The maximum Gasteiger partial charge on any atom is 0.191 e. The van der Waals surface area contributed by atoms with Crippen molar-refractivity contribution >= 4 is 29.9 Å². The highest BCUT2D eigenvalue weighted by molar-refractivity contribution is 14.0. The van der Waals surface area contributed by atoms with Gasteiger partial charge in [0.2, 0.25) is 0 Å². The molecule has 0 bridgehead atoms. The SMILES string of the molecule is CCNC(=NCC(CC)N1CCCC1)NCC1CCCOC1C(C)(C)C.I. The number of likely N-dealkylation sites (tertiary alicyclic amines) is 1. The number of ether oxygens (including phenoxy) is 1. The predicted octanol–water partition coefficient (Wildman–Crippen LogP) is 3.88. The molecule has 6 heteroatoms. The Balaban J connectivity index is 0.00000364. The molecule has 2 saturated heterocycles. The summed E-state index contributed by atoms with van der Waals surface area (Å²) in [5.41, 5.74) is 0.186. The average molecular weight is 495 g/mol. The first-order valence-corrected chi connectivity index (χ1v) is 10.8. The van der Waals surface area contributed by atoms with Gasteiger partial charge in [0.25, 0.3) is 0 Å². The predicted molar refractivity (Wildman–Crippen MR) is 126 cm³/mol. The van der Waals surface area contributed by atoms with Gasteiger partial charge in [-0.3, -0.25) is 9.89 Å².